The van der Waals surface area contributed by atoms with Crippen molar-refractivity contribution >= 4 is 17.6 Å². The summed E-state index contributed by atoms with van der Waals surface area (Å²) < 4.78 is 13.0. The van der Waals surface area contributed by atoms with Crippen LogP contribution in [0.5, 0.6) is 0 Å². The Morgan fingerprint density at radius 3 is 2.45 bits per heavy atom. The first-order valence-electron chi connectivity index (χ1n) is 5.71. The van der Waals surface area contributed by atoms with Gasteiger partial charge in [-0.15, -0.1) is 0 Å². The predicted molar refractivity (Wildman–Crippen MR) is 66.8 cm³/mol. The average Bonchev–Trinajstić information content (AvgIpc) is 2.34. The average molecular weight is 284 g/mol. The van der Waals surface area contributed by atoms with E-state index in [9.17, 15) is 24.1 Å². The molecule has 0 aliphatic heterocycles. The van der Waals surface area contributed by atoms with Gasteiger partial charge in [0.15, 0.2) is 0 Å². The lowest BCUT2D eigenvalue weighted by Gasteiger charge is -2.17. The first-order valence-corrected chi connectivity index (χ1v) is 5.71. The Morgan fingerprint density at radius 1 is 1.40 bits per heavy atom. The molecule has 2 N–H and O–H groups in total. The smallest absolute Gasteiger partial charge is 0.326 e. The van der Waals surface area contributed by atoms with Crippen LogP contribution in [0.2, 0.25) is 0 Å². The summed E-state index contributed by atoms with van der Waals surface area (Å²) in [4.78, 5) is 32.7. The number of carbonyl (C=O) groups excluding carboxylic acids is 1. The number of amides is 1. The molecule has 0 aromatic heterocycles. The molecule has 0 saturated heterocycles. The summed E-state index contributed by atoms with van der Waals surface area (Å²) in [6, 6.07) is 1.27. The Balaban J connectivity index is 3.09. The molecule has 7 nitrogen and oxygen atoms in total. The number of halogens is 1. The minimum absolute atomic E-state index is 0.386. The fourth-order valence-corrected chi connectivity index (χ4v) is 1.58. The van der Waals surface area contributed by atoms with E-state index < -0.39 is 40.3 Å². The molecule has 0 aliphatic carbocycles. The molecule has 1 amide bonds. The second kappa shape index (κ2) is 6.09. The van der Waals surface area contributed by atoms with Crippen molar-refractivity contribution in [1.82, 2.24) is 5.32 Å². The van der Waals surface area contributed by atoms with Gasteiger partial charge in [0.2, 0.25) is 0 Å². The molecule has 0 saturated carbocycles. The largest absolute Gasteiger partial charge is 0.480 e. The summed E-state index contributed by atoms with van der Waals surface area (Å²) in [7, 11) is 0. The Morgan fingerprint density at radius 2 is 2.00 bits per heavy atom. The van der Waals surface area contributed by atoms with E-state index in [1.54, 1.807) is 13.8 Å². The van der Waals surface area contributed by atoms with Crippen molar-refractivity contribution in [2.24, 2.45) is 5.92 Å². The summed E-state index contributed by atoms with van der Waals surface area (Å²) in [6.07, 6.45) is 0. The van der Waals surface area contributed by atoms with Crippen molar-refractivity contribution in [1.29, 1.82) is 0 Å². The lowest BCUT2D eigenvalue weighted by Crippen LogP contribution is -2.44. The van der Waals surface area contributed by atoms with Gasteiger partial charge in [0.1, 0.15) is 17.4 Å². The Hall–Kier alpha value is -2.51. The third-order valence-electron chi connectivity index (χ3n) is 2.62. The lowest BCUT2D eigenvalue weighted by atomic mass is 10.0. The Labute approximate surface area is 113 Å². The summed E-state index contributed by atoms with van der Waals surface area (Å²) in [5.74, 6) is -3.45. The van der Waals surface area contributed by atoms with E-state index in [-0.39, 0.29) is 5.56 Å². The van der Waals surface area contributed by atoms with Crippen LogP contribution >= 0.6 is 0 Å². The van der Waals surface area contributed by atoms with Crippen LogP contribution in [-0.2, 0) is 4.79 Å². The van der Waals surface area contributed by atoms with E-state index in [4.69, 9.17) is 5.11 Å². The maximum absolute atomic E-state index is 13.0. The molecule has 0 heterocycles. The van der Waals surface area contributed by atoms with Crippen molar-refractivity contribution in [2.75, 3.05) is 0 Å². The van der Waals surface area contributed by atoms with Gasteiger partial charge >= 0.3 is 5.97 Å². The first kappa shape index (κ1) is 15.5. The minimum atomic E-state index is -1.25. The highest BCUT2D eigenvalue weighted by molar-refractivity contribution is 6.00. The lowest BCUT2D eigenvalue weighted by molar-refractivity contribution is -0.385. The van der Waals surface area contributed by atoms with Gasteiger partial charge in [-0.2, -0.15) is 0 Å². The fourth-order valence-electron chi connectivity index (χ4n) is 1.58. The number of aliphatic carboxylic acids is 1. The predicted octanol–water partition coefficient (Wildman–Crippen LogP) is 1.57. The molecule has 0 fully saturated rings. The zero-order valence-corrected chi connectivity index (χ0v) is 10.8. The van der Waals surface area contributed by atoms with Crippen LogP contribution in [0.1, 0.15) is 24.2 Å². The SMILES string of the molecule is CC(C)[C@@H](NC(=O)c1ccc(F)cc1[N+](=O)[O-])C(=O)O. The maximum Gasteiger partial charge on any atom is 0.326 e. The van der Waals surface area contributed by atoms with Gasteiger partial charge in [-0.3, -0.25) is 14.9 Å². The number of nitro benzene ring substituents is 1. The standard InChI is InChI=1S/C12H13FN2O5/c1-6(2)10(12(17)18)14-11(16)8-4-3-7(13)5-9(8)15(19)20/h3-6,10H,1-2H3,(H,14,16)(H,17,18)/t10-/m1/s1. The second-order valence-corrected chi connectivity index (χ2v) is 4.45. The van der Waals surface area contributed by atoms with Crippen LogP contribution in [0.25, 0.3) is 0 Å². The molecule has 1 aromatic rings. The van der Waals surface area contributed by atoms with Crippen LogP contribution < -0.4 is 5.32 Å². The third kappa shape index (κ3) is 3.50. The van der Waals surface area contributed by atoms with Crippen molar-refractivity contribution in [3.63, 3.8) is 0 Å². The minimum Gasteiger partial charge on any atom is -0.480 e. The van der Waals surface area contributed by atoms with E-state index >= 15 is 0 Å². The first-order chi connectivity index (χ1) is 9.23. The summed E-state index contributed by atoms with van der Waals surface area (Å²) >= 11 is 0. The molecule has 1 rings (SSSR count). The van der Waals surface area contributed by atoms with Crippen molar-refractivity contribution < 1.29 is 24.0 Å². The molecule has 0 radical (unpaired) electrons. The third-order valence-corrected chi connectivity index (χ3v) is 2.62. The number of rotatable bonds is 5. The monoisotopic (exact) mass is 284 g/mol. The number of hydrogen-bond acceptors (Lipinski definition) is 4. The molecule has 0 spiro atoms. The van der Waals surface area contributed by atoms with Gasteiger partial charge in [0.05, 0.1) is 11.0 Å². The number of nitrogens with one attached hydrogen (secondary N) is 1. The van der Waals surface area contributed by atoms with Gasteiger partial charge in [-0.1, -0.05) is 13.8 Å². The molecular formula is C12H13FN2O5. The van der Waals surface area contributed by atoms with E-state index in [0.717, 1.165) is 12.1 Å². The zero-order chi connectivity index (χ0) is 15.4. The van der Waals surface area contributed by atoms with E-state index in [2.05, 4.69) is 5.32 Å². The quantitative estimate of drug-likeness (QED) is 0.630. The number of hydrogen-bond donors (Lipinski definition) is 2. The molecule has 1 atom stereocenters. The number of nitro groups is 1. The Bertz CT molecular complexity index is 559. The highest BCUT2D eigenvalue weighted by atomic mass is 19.1. The summed E-state index contributed by atoms with van der Waals surface area (Å²) in [5, 5.41) is 21.9. The number of carbonyl (C=O) groups is 2. The number of nitrogens with zero attached hydrogens (tertiary/aromatic N) is 1. The molecule has 1 aromatic carbocycles. The van der Waals surface area contributed by atoms with Gasteiger partial charge < -0.3 is 10.4 Å². The van der Waals surface area contributed by atoms with Crippen molar-refractivity contribution in [3.8, 4) is 0 Å². The van der Waals surface area contributed by atoms with Crippen LogP contribution in [0.4, 0.5) is 10.1 Å². The van der Waals surface area contributed by atoms with Crippen LogP contribution in [0.15, 0.2) is 18.2 Å². The maximum atomic E-state index is 13.0. The Kier molecular flexibility index (Phi) is 4.73. The molecule has 108 valence electrons. The highest BCUT2D eigenvalue weighted by Crippen LogP contribution is 2.20. The van der Waals surface area contributed by atoms with E-state index in [0.29, 0.717) is 6.07 Å². The van der Waals surface area contributed by atoms with Crippen LogP contribution in [0.3, 0.4) is 0 Å². The molecule has 20 heavy (non-hydrogen) atoms. The van der Waals surface area contributed by atoms with Gasteiger partial charge in [-0.05, 0) is 18.1 Å². The second-order valence-electron chi connectivity index (χ2n) is 4.45. The van der Waals surface area contributed by atoms with Gasteiger partial charge in [0.25, 0.3) is 11.6 Å². The van der Waals surface area contributed by atoms with Gasteiger partial charge in [-0.25, -0.2) is 9.18 Å². The van der Waals surface area contributed by atoms with E-state index in [1.165, 1.54) is 0 Å². The topological polar surface area (TPSA) is 110 Å². The zero-order valence-electron chi connectivity index (χ0n) is 10.8. The molecule has 0 unspecified atom stereocenters. The molecule has 8 heteroatoms. The van der Waals surface area contributed by atoms with Gasteiger partial charge in [0, 0.05) is 0 Å². The van der Waals surface area contributed by atoms with E-state index in [1.807, 2.05) is 0 Å². The van der Waals surface area contributed by atoms with Crippen LogP contribution in [-0.4, -0.2) is 27.9 Å². The normalized spacial score (nSPS) is 12.0. The number of benzene rings is 1. The summed E-state index contributed by atoms with van der Waals surface area (Å²) in [5.41, 5.74) is -1.10. The highest BCUT2D eigenvalue weighted by Gasteiger charge is 2.27. The van der Waals surface area contributed by atoms with Crippen molar-refractivity contribution in [2.45, 2.75) is 19.9 Å². The number of carboxylic acid groups (broad SMARTS) is 1. The van der Waals surface area contributed by atoms with Crippen molar-refractivity contribution in [3.05, 3.63) is 39.7 Å². The summed E-state index contributed by atoms with van der Waals surface area (Å²) in [6.45, 7) is 3.16. The molecule has 0 bridgehead atoms. The fraction of sp³-hybridized carbons (Fsp3) is 0.333. The molecule has 0 aliphatic rings. The van der Waals surface area contributed by atoms with Crippen LogP contribution in [0, 0.1) is 21.8 Å². The molecular weight excluding hydrogens is 271 g/mol. The number of carboxylic acids is 1.